The number of anilines is 1. The van der Waals surface area contributed by atoms with Gasteiger partial charge in [0, 0.05) is 18.0 Å². The van der Waals surface area contributed by atoms with Crippen molar-refractivity contribution in [3.63, 3.8) is 0 Å². The number of nitrogens with one attached hydrogen (secondary N) is 2. The van der Waals surface area contributed by atoms with Gasteiger partial charge in [-0.1, -0.05) is 12.1 Å². The zero-order valence-corrected chi connectivity index (χ0v) is 15.3. The van der Waals surface area contributed by atoms with Crippen LogP contribution < -0.4 is 14.8 Å². The Morgan fingerprint density at radius 1 is 1.33 bits per heavy atom. The summed E-state index contributed by atoms with van der Waals surface area (Å²) in [6, 6.07) is 7.90. The molecule has 1 unspecified atom stereocenters. The maximum atomic E-state index is 11.9. The first kappa shape index (κ1) is 17.2. The quantitative estimate of drug-likeness (QED) is 0.750. The summed E-state index contributed by atoms with van der Waals surface area (Å²) >= 11 is 1.32. The van der Waals surface area contributed by atoms with E-state index in [4.69, 9.17) is 4.74 Å². The summed E-state index contributed by atoms with van der Waals surface area (Å²) in [4.78, 5) is 4.39. The van der Waals surface area contributed by atoms with Crippen LogP contribution in [-0.2, 0) is 16.6 Å². The van der Waals surface area contributed by atoms with Gasteiger partial charge in [0.25, 0.3) is 0 Å². The molecule has 1 saturated carbocycles. The zero-order chi connectivity index (χ0) is 17.2. The van der Waals surface area contributed by atoms with Crippen LogP contribution in [0.1, 0.15) is 37.1 Å². The fourth-order valence-electron chi connectivity index (χ4n) is 2.23. The van der Waals surface area contributed by atoms with Crippen LogP contribution in [0, 0.1) is 0 Å². The van der Waals surface area contributed by atoms with E-state index in [-0.39, 0.29) is 11.3 Å². The van der Waals surface area contributed by atoms with E-state index in [0.29, 0.717) is 11.7 Å². The first-order chi connectivity index (χ1) is 11.5. The van der Waals surface area contributed by atoms with Crippen molar-refractivity contribution in [2.45, 2.75) is 37.6 Å². The van der Waals surface area contributed by atoms with Gasteiger partial charge >= 0.3 is 0 Å². The lowest BCUT2D eigenvalue weighted by atomic mass is 10.2. The van der Waals surface area contributed by atoms with E-state index >= 15 is 0 Å². The number of hydrogen-bond donors (Lipinski definition) is 2. The van der Waals surface area contributed by atoms with Crippen molar-refractivity contribution in [2.24, 2.45) is 0 Å². The standard InChI is InChI=1S/C16H21N3O3S2/c1-11(17-9-12-3-5-13(22-2)6-4-12)15-10-23-16(18-15)19-24(20,21)14-7-8-14/h3-6,10-11,14,17H,7-9H2,1-2H3,(H,18,19). The molecule has 0 bridgehead atoms. The minimum atomic E-state index is -3.25. The largest absolute Gasteiger partial charge is 0.497 e. The number of rotatable bonds is 8. The molecule has 0 saturated heterocycles. The van der Waals surface area contributed by atoms with Crippen LogP contribution in [0.25, 0.3) is 0 Å². The second-order valence-corrected chi connectivity index (χ2v) is 8.69. The smallest absolute Gasteiger partial charge is 0.237 e. The first-order valence-corrected chi connectivity index (χ1v) is 10.2. The number of sulfonamides is 1. The van der Waals surface area contributed by atoms with Crippen molar-refractivity contribution in [3.8, 4) is 5.75 Å². The lowest BCUT2D eigenvalue weighted by Crippen LogP contribution is -2.19. The maximum Gasteiger partial charge on any atom is 0.237 e. The van der Waals surface area contributed by atoms with Gasteiger partial charge in [-0.3, -0.25) is 4.72 Å². The highest BCUT2D eigenvalue weighted by Crippen LogP contribution is 2.31. The molecule has 0 spiro atoms. The molecule has 1 aromatic carbocycles. The topological polar surface area (TPSA) is 80.3 Å². The molecular formula is C16H21N3O3S2. The summed E-state index contributed by atoms with van der Waals surface area (Å²) in [6.07, 6.45) is 1.49. The highest BCUT2D eigenvalue weighted by atomic mass is 32.2. The number of ether oxygens (including phenoxy) is 1. The lowest BCUT2D eigenvalue weighted by Gasteiger charge is -2.12. The molecule has 0 radical (unpaired) electrons. The molecule has 1 atom stereocenters. The Bertz CT molecular complexity index is 783. The average Bonchev–Trinajstić information content (AvgIpc) is 3.34. The van der Waals surface area contributed by atoms with Crippen molar-refractivity contribution in [3.05, 3.63) is 40.9 Å². The number of aromatic nitrogens is 1. The molecule has 3 rings (SSSR count). The average molecular weight is 367 g/mol. The zero-order valence-electron chi connectivity index (χ0n) is 13.7. The van der Waals surface area contributed by atoms with Gasteiger partial charge in [0.2, 0.25) is 10.0 Å². The highest BCUT2D eigenvalue weighted by Gasteiger charge is 2.36. The number of benzene rings is 1. The van der Waals surface area contributed by atoms with Crippen LogP contribution in [0.3, 0.4) is 0 Å². The highest BCUT2D eigenvalue weighted by molar-refractivity contribution is 7.93. The summed E-state index contributed by atoms with van der Waals surface area (Å²) in [5.41, 5.74) is 1.98. The molecule has 0 amide bonds. The van der Waals surface area contributed by atoms with Crippen LogP contribution in [0.15, 0.2) is 29.6 Å². The third-order valence-electron chi connectivity index (χ3n) is 3.93. The minimum Gasteiger partial charge on any atom is -0.497 e. The minimum absolute atomic E-state index is 0.0301. The van der Waals surface area contributed by atoms with E-state index in [9.17, 15) is 8.42 Å². The Labute approximate surface area is 146 Å². The van der Waals surface area contributed by atoms with Gasteiger partial charge in [-0.05, 0) is 37.5 Å². The van der Waals surface area contributed by atoms with Crippen LogP contribution >= 0.6 is 11.3 Å². The van der Waals surface area contributed by atoms with E-state index in [2.05, 4.69) is 15.0 Å². The van der Waals surface area contributed by atoms with E-state index < -0.39 is 10.0 Å². The Morgan fingerprint density at radius 3 is 2.67 bits per heavy atom. The van der Waals surface area contributed by atoms with Crippen molar-refractivity contribution in [1.29, 1.82) is 0 Å². The molecular weight excluding hydrogens is 346 g/mol. The Hall–Kier alpha value is -1.64. The number of thiazole rings is 1. The van der Waals surface area contributed by atoms with E-state index in [1.165, 1.54) is 11.3 Å². The number of methoxy groups -OCH3 is 1. The molecule has 130 valence electrons. The van der Waals surface area contributed by atoms with Gasteiger partial charge in [0.05, 0.1) is 18.1 Å². The first-order valence-electron chi connectivity index (χ1n) is 7.81. The maximum absolute atomic E-state index is 11.9. The van der Waals surface area contributed by atoms with E-state index in [1.54, 1.807) is 7.11 Å². The molecule has 2 aromatic rings. The summed E-state index contributed by atoms with van der Waals surface area (Å²) in [7, 11) is -1.60. The molecule has 1 fully saturated rings. The molecule has 1 aromatic heterocycles. The SMILES string of the molecule is COc1ccc(CNC(C)c2csc(NS(=O)(=O)C3CC3)n2)cc1. The third-order valence-corrected chi connectivity index (χ3v) is 6.66. The van der Waals surface area contributed by atoms with Crippen molar-refractivity contribution >= 4 is 26.5 Å². The summed E-state index contributed by atoms with van der Waals surface area (Å²) in [5, 5.41) is 5.47. The number of hydrogen-bond acceptors (Lipinski definition) is 6. The third kappa shape index (κ3) is 4.25. The van der Waals surface area contributed by atoms with Crippen LogP contribution in [-0.4, -0.2) is 25.8 Å². The van der Waals surface area contributed by atoms with Gasteiger partial charge in [0.1, 0.15) is 5.75 Å². The Morgan fingerprint density at radius 2 is 2.04 bits per heavy atom. The van der Waals surface area contributed by atoms with Crippen LogP contribution in [0.5, 0.6) is 5.75 Å². The van der Waals surface area contributed by atoms with Gasteiger partial charge < -0.3 is 10.1 Å². The van der Waals surface area contributed by atoms with E-state index in [1.807, 2.05) is 36.6 Å². The van der Waals surface area contributed by atoms with Gasteiger partial charge in [-0.25, -0.2) is 13.4 Å². The molecule has 24 heavy (non-hydrogen) atoms. The summed E-state index contributed by atoms with van der Waals surface area (Å²) in [5.74, 6) is 0.832. The molecule has 6 nitrogen and oxygen atoms in total. The van der Waals surface area contributed by atoms with Crippen LogP contribution in [0.4, 0.5) is 5.13 Å². The Balaban J connectivity index is 1.55. The van der Waals surface area contributed by atoms with Crippen molar-refractivity contribution in [2.75, 3.05) is 11.8 Å². The molecule has 0 aliphatic heterocycles. The molecule has 1 aliphatic rings. The molecule has 1 heterocycles. The molecule has 1 aliphatic carbocycles. The fraction of sp³-hybridized carbons (Fsp3) is 0.438. The van der Waals surface area contributed by atoms with Gasteiger partial charge in [-0.2, -0.15) is 0 Å². The van der Waals surface area contributed by atoms with Crippen molar-refractivity contribution in [1.82, 2.24) is 10.3 Å². The fourth-order valence-corrected chi connectivity index (χ4v) is 4.63. The number of nitrogens with zero attached hydrogens (tertiary/aromatic N) is 1. The molecule has 8 heteroatoms. The van der Waals surface area contributed by atoms with E-state index in [0.717, 1.165) is 29.8 Å². The van der Waals surface area contributed by atoms with Gasteiger partial charge in [-0.15, -0.1) is 11.3 Å². The summed E-state index contributed by atoms with van der Waals surface area (Å²) < 4.78 is 31.6. The van der Waals surface area contributed by atoms with Gasteiger partial charge in [0.15, 0.2) is 5.13 Å². The van der Waals surface area contributed by atoms with Crippen LogP contribution in [0.2, 0.25) is 0 Å². The lowest BCUT2D eigenvalue weighted by molar-refractivity contribution is 0.414. The normalized spacial score (nSPS) is 15.9. The predicted molar refractivity (Wildman–Crippen MR) is 95.9 cm³/mol. The predicted octanol–water partition coefficient (Wildman–Crippen LogP) is 2.91. The Kier molecular flexibility index (Phi) is 5.07. The second kappa shape index (κ2) is 7.08. The second-order valence-electron chi connectivity index (χ2n) is 5.87. The summed E-state index contributed by atoms with van der Waals surface area (Å²) in [6.45, 7) is 2.71. The molecule has 2 N–H and O–H groups in total. The monoisotopic (exact) mass is 367 g/mol. The van der Waals surface area contributed by atoms with Crippen molar-refractivity contribution < 1.29 is 13.2 Å².